The molecule has 0 atom stereocenters. The number of benzene rings is 1. The van der Waals surface area contributed by atoms with Crippen LogP contribution in [0.1, 0.15) is 18.4 Å². The van der Waals surface area contributed by atoms with Crippen molar-refractivity contribution in [3.05, 3.63) is 29.6 Å². The first-order chi connectivity index (χ1) is 7.33. The van der Waals surface area contributed by atoms with Gasteiger partial charge in [-0.25, -0.2) is 4.39 Å². The summed E-state index contributed by atoms with van der Waals surface area (Å²) in [5.41, 5.74) is 1.85. The second-order valence-corrected chi connectivity index (χ2v) is 3.97. The maximum Gasteiger partial charge on any atom is 0.146 e. The van der Waals surface area contributed by atoms with Crippen LogP contribution in [0, 0.1) is 5.82 Å². The molecule has 1 aromatic carbocycles. The molecular formula is C12H17FN2. The van der Waals surface area contributed by atoms with Crippen molar-refractivity contribution < 1.29 is 4.39 Å². The van der Waals surface area contributed by atoms with Gasteiger partial charge >= 0.3 is 0 Å². The van der Waals surface area contributed by atoms with Crippen molar-refractivity contribution in [3.8, 4) is 0 Å². The molecule has 0 aliphatic carbocycles. The van der Waals surface area contributed by atoms with Gasteiger partial charge in [0.1, 0.15) is 5.82 Å². The molecule has 0 unspecified atom stereocenters. The molecule has 2 nitrogen and oxygen atoms in total. The maximum absolute atomic E-state index is 13.8. The van der Waals surface area contributed by atoms with Crippen LogP contribution in [0.3, 0.4) is 0 Å². The first-order valence-corrected chi connectivity index (χ1v) is 5.50. The Labute approximate surface area is 90.1 Å². The van der Waals surface area contributed by atoms with E-state index in [-0.39, 0.29) is 5.82 Å². The standard InChI is InChI=1S/C12H17FN2/c1-14-9-10-5-4-6-11(13)12(10)15-7-2-3-8-15/h4-6,14H,2-3,7-9H2,1H3. The highest BCUT2D eigenvalue weighted by Crippen LogP contribution is 2.27. The summed E-state index contributed by atoms with van der Waals surface area (Å²) < 4.78 is 13.8. The first-order valence-electron chi connectivity index (χ1n) is 5.50. The number of rotatable bonds is 3. The number of hydrogen-bond donors (Lipinski definition) is 1. The van der Waals surface area contributed by atoms with Crippen molar-refractivity contribution in [1.82, 2.24) is 5.32 Å². The van der Waals surface area contributed by atoms with E-state index in [1.807, 2.05) is 13.1 Å². The average molecular weight is 208 g/mol. The van der Waals surface area contributed by atoms with E-state index in [0.717, 1.165) is 30.9 Å². The Balaban J connectivity index is 2.32. The lowest BCUT2D eigenvalue weighted by Crippen LogP contribution is -2.22. The predicted molar refractivity (Wildman–Crippen MR) is 60.6 cm³/mol. The molecule has 1 aliphatic rings. The number of nitrogens with zero attached hydrogens (tertiary/aromatic N) is 1. The minimum Gasteiger partial charge on any atom is -0.369 e. The predicted octanol–water partition coefficient (Wildman–Crippen LogP) is 2.15. The Morgan fingerprint density at radius 2 is 2.07 bits per heavy atom. The molecule has 0 radical (unpaired) electrons. The summed E-state index contributed by atoms with van der Waals surface area (Å²) in [6, 6.07) is 5.32. The third-order valence-electron chi connectivity index (χ3n) is 2.86. The van der Waals surface area contributed by atoms with Gasteiger partial charge in [-0.05, 0) is 31.5 Å². The van der Waals surface area contributed by atoms with E-state index in [2.05, 4.69) is 10.2 Å². The molecule has 0 spiro atoms. The maximum atomic E-state index is 13.8. The van der Waals surface area contributed by atoms with Crippen LogP contribution in [0.15, 0.2) is 18.2 Å². The number of para-hydroxylation sites is 1. The zero-order chi connectivity index (χ0) is 10.7. The van der Waals surface area contributed by atoms with Gasteiger partial charge in [0.25, 0.3) is 0 Å². The van der Waals surface area contributed by atoms with Crippen LogP contribution in [0.5, 0.6) is 0 Å². The molecule has 0 saturated carbocycles. The van der Waals surface area contributed by atoms with Gasteiger partial charge in [-0.15, -0.1) is 0 Å². The lowest BCUT2D eigenvalue weighted by atomic mass is 10.1. The highest BCUT2D eigenvalue weighted by atomic mass is 19.1. The summed E-state index contributed by atoms with van der Waals surface area (Å²) in [5.74, 6) is -0.0929. The minimum absolute atomic E-state index is 0.0929. The summed E-state index contributed by atoms with van der Waals surface area (Å²) in [5, 5.41) is 3.08. The smallest absolute Gasteiger partial charge is 0.146 e. The fourth-order valence-electron chi connectivity index (χ4n) is 2.19. The summed E-state index contributed by atoms with van der Waals surface area (Å²) in [4.78, 5) is 2.15. The molecule has 1 fully saturated rings. The Bertz CT molecular complexity index is 332. The summed E-state index contributed by atoms with van der Waals surface area (Å²) in [6.45, 7) is 2.69. The van der Waals surface area contributed by atoms with Crippen LogP contribution in [-0.4, -0.2) is 20.1 Å². The van der Waals surface area contributed by atoms with Crippen LogP contribution in [0.2, 0.25) is 0 Å². The summed E-state index contributed by atoms with van der Waals surface area (Å²) in [6.07, 6.45) is 2.35. The van der Waals surface area contributed by atoms with Gasteiger partial charge in [0.15, 0.2) is 0 Å². The van der Waals surface area contributed by atoms with Crippen molar-refractivity contribution in [3.63, 3.8) is 0 Å². The van der Waals surface area contributed by atoms with Gasteiger partial charge in [0, 0.05) is 19.6 Å². The fourth-order valence-corrected chi connectivity index (χ4v) is 2.19. The Morgan fingerprint density at radius 1 is 1.33 bits per heavy atom. The van der Waals surface area contributed by atoms with Gasteiger partial charge in [-0.1, -0.05) is 12.1 Å². The molecule has 1 aromatic rings. The molecule has 15 heavy (non-hydrogen) atoms. The van der Waals surface area contributed by atoms with Gasteiger partial charge < -0.3 is 10.2 Å². The van der Waals surface area contributed by atoms with E-state index in [9.17, 15) is 4.39 Å². The summed E-state index contributed by atoms with van der Waals surface area (Å²) in [7, 11) is 1.89. The van der Waals surface area contributed by atoms with E-state index in [1.54, 1.807) is 12.1 Å². The third-order valence-corrected chi connectivity index (χ3v) is 2.86. The fraction of sp³-hybridized carbons (Fsp3) is 0.500. The number of nitrogens with one attached hydrogen (secondary N) is 1. The van der Waals surface area contributed by atoms with Crippen molar-refractivity contribution in [1.29, 1.82) is 0 Å². The van der Waals surface area contributed by atoms with Crippen molar-refractivity contribution >= 4 is 5.69 Å². The molecule has 0 bridgehead atoms. The molecule has 2 rings (SSSR count). The van der Waals surface area contributed by atoms with E-state index in [1.165, 1.54) is 12.8 Å². The van der Waals surface area contributed by atoms with Gasteiger partial charge in [-0.3, -0.25) is 0 Å². The average Bonchev–Trinajstić information content (AvgIpc) is 2.71. The van der Waals surface area contributed by atoms with Gasteiger partial charge in [0.05, 0.1) is 5.69 Å². The van der Waals surface area contributed by atoms with Crippen LogP contribution < -0.4 is 10.2 Å². The number of anilines is 1. The lowest BCUT2D eigenvalue weighted by Gasteiger charge is -2.21. The largest absolute Gasteiger partial charge is 0.369 e. The normalized spacial score (nSPS) is 16.0. The van der Waals surface area contributed by atoms with E-state index < -0.39 is 0 Å². The zero-order valence-corrected chi connectivity index (χ0v) is 9.09. The Morgan fingerprint density at radius 3 is 2.73 bits per heavy atom. The highest BCUT2D eigenvalue weighted by molar-refractivity contribution is 5.55. The second kappa shape index (κ2) is 4.62. The lowest BCUT2D eigenvalue weighted by molar-refractivity contribution is 0.618. The third kappa shape index (κ3) is 2.12. The second-order valence-electron chi connectivity index (χ2n) is 3.97. The molecular weight excluding hydrogens is 191 g/mol. The molecule has 1 aliphatic heterocycles. The minimum atomic E-state index is -0.0929. The molecule has 82 valence electrons. The highest BCUT2D eigenvalue weighted by Gasteiger charge is 2.18. The van der Waals surface area contributed by atoms with Gasteiger partial charge in [-0.2, -0.15) is 0 Å². The topological polar surface area (TPSA) is 15.3 Å². The summed E-state index contributed by atoms with van der Waals surface area (Å²) >= 11 is 0. The molecule has 1 heterocycles. The van der Waals surface area contributed by atoms with E-state index in [0.29, 0.717) is 0 Å². The number of halogens is 1. The van der Waals surface area contributed by atoms with Crippen molar-refractivity contribution in [2.45, 2.75) is 19.4 Å². The van der Waals surface area contributed by atoms with Crippen LogP contribution in [0.25, 0.3) is 0 Å². The van der Waals surface area contributed by atoms with E-state index in [4.69, 9.17) is 0 Å². The molecule has 3 heteroatoms. The SMILES string of the molecule is CNCc1cccc(F)c1N1CCCC1. The molecule has 0 amide bonds. The van der Waals surface area contributed by atoms with Crippen molar-refractivity contribution in [2.75, 3.05) is 25.0 Å². The van der Waals surface area contributed by atoms with E-state index >= 15 is 0 Å². The van der Waals surface area contributed by atoms with Crippen LogP contribution in [-0.2, 0) is 6.54 Å². The van der Waals surface area contributed by atoms with Gasteiger partial charge in [0.2, 0.25) is 0 Å². The zero-order valence-electron chi connectivity index (χ0n) is 9.09. The molecule has 1 saturated heterocycles. The number of hydrogen-bond acceptors (Lipinski definition) is 2. The first kappa shape index (κ1) is 10.4. The molecule has 0 aromatic heterocycles. The quantitative estimate of drug-likeness (QED) is 0.818. The Kier molecular flexibility index (Phi) is 3.21. The monoisotopic (exact) mass is 208 g/mol. The Hall–Kier alpha value is -1.09. The van der Waals surface area contributed by atoms with Crippen LogP contribution >= 0.6 is 0 Å². The van der Waals surface area contributed by atoms with Crippen LogP contribution in [0.4, 0.5) is 10.1 Å². The molecule has 1 N–H and O–H groups in total. The van der Waals surface area contributed by atoms with Crippen molar-refractivity contribution in [2.24, 2.45) is 0 Å².